The van der Waals surface area contributed by atoms with E-state index in [1.165, 1.54) is 6.07 Å². The van der Waals surface area contributed by atoms with E-state index < -0.39 is 45.8 Å². The van der Waals surface area contributed by atoms with Crippen LogP contribution in [0.2, 0.25) is 0 Å². The van der Waals surface area contributed by atoms with E-state index in [0.29, 0.717) is 12.8 Å². The average Bonchev–Trinajstić information content (AvgIpc) is 2.71. The van der Waals surface area contributed by atoms with Gasteiger partial charge < -0.3 is 0 Å². The fraction of sp³-hybridized carbons (Fsp3) is 0.478. The zero-order chi connectivity index (χ0) is 23.5. The van der Waals surface area contributed by atoms with Crippen molar-refractivity contribution in [2.45, 2.75) is 45.2 Å². The van der Waals surface area contributed by atoms with Gasteiger partial charge in [-0.1, -0.05) is 0 Å². The molecule has 3 rings (SSSR count). The van der Waals surface area contributed by atoms with Gasteiger partial charge in [-0.15, -0.1) is 0 Å². The van der Waals surface area contributed by atoms with Crippen LogP contribution in [0.3, 0.4) is 0 Å². The molecule has 0 fully saturated rings. The number of halogens is 5. The maximum absolute atomic E-state index is 14.0. The predicted molar refractivity (Wildman–Crippen MR) is 128 cm³/mol. The molecule has 32 heavy (non-hydrogen) atoms. The second-order valence-corrected chi connectivity index (χ2v) is 12.8. The van der Waals surface area contributed by atoms with Crippen LogP contribution in [-0.2, 0) is 3.48 Å². The maximum atomic E-state index is 14.0. The quantitative estimate of drug-likeness (QED) is 0.136. The average molecular weight is 754 g/mol. The molecule has 0 unspecified atom stereocenters. The third-order valence-electron chi connectivity index (χ3n) is 6.01. The van der Waals surface area contributed by atoms with Crippen LogP contribution in [0.5, 0.6) is 0 Å². The van der Waals surface area contributed by atoms with Crippen LogP contribution in [-0.4, -0.2) is 54.0 Å². The van der Waals surface area contributed by atoms with E-state index in [2.05, 4.69) is 10.6 Å². The van der Waals surface area contributed by atoms with Crippen molar-refractivity contribution in [3.63, 3.8) is 0 Å². The Kier molecular flexibility index (Phi) is 8.87. The van der Waals surface area contributed by atoms with E-state index in [4.69, 9.17) is 0 Å². The van der Waals surface area contributed by atoms with Crippen LogP contribution in [0, 0.1) is 5.92 Å². The molecule has 2 aromatic rings. The fourth-order valence-electron chi connectivity index (χ4n) is 4.35. The van der Waals surface area contributed by atoms with Crippen LogP contribution in [0.1, 0.15) is 48.4 Å². The Morgan fingerprint density at radius 1 is 1.16 bits per heavy atom. The van der Waals surface area contributed by atoms with Crippen molar-refractivity contribution in [2.24, 2.45) is 5.92 Å². The zero-order valence-electron chi connectivity index (χ0n) is 17.7. The molecule has 0 saturated heterocycles. The third kappa shape index (κ3) is 7.02. The Hall–Kier alpha value is -0.468. The van der Waals surface area contributed by atoms with Crippen LogP contribution in [0.25, 0.3) is 0 Å². The number of nitrogens with one attached hydrogen (secondary N) is 2. The Bertz CT molecular complexity index is 892. The van der Waals surface area contributed by atoms with Gasteiger partial charge in [0.1, 0.15) is 0 Å². The van der Waals surface area contributed by atoms with Gasteiger partial charge in [0.2, 0.25) is 0 Å². The van der Waals surface area contributed by atoms with E-state index in [0.717, 1.165) is 39.4 Å². The number of aliphatic hydroxyl groups excluding tert-OH is 1. The van der Waals surface area contributed by atoms with Gasteiger partial charge in [0.25, 0.3) is 0 Å². The number of hydrogen-bond donors (Lipinski definition) is 3. The van der Waals surface area contributed by atoms with Crippen molar-refractivity contribution in [3.05, 3.63) is 65.2 Å². The normalized spacial score (nSPS) is 22.1. The van der Waals surface area contributed by atoms with Crippen molar-refractivity contribution in [1.29, 1.82) is 0 Å². The first-order valence-corrected chi connectivity index (χ1v) is 13.9. The Labute approximate surface area is 215 Å². The second-order valence-electron chi connectivity index (χ2n) is 8.39. The number of alkyl halides is 5. The van der Waals surface area contributed by atoms with Gasteiger partial charge >= 0.3 is 185 Å². The van der Waals surface area contributed by atoms with Gasteiger partial charge in [-0.3, -0.25) is 0 Å². The van der Waals surface area contributed by atoms with E-state index in [1.54, 1.807) is 12.1 Å². The number of benzene rings is 2. The Morgan fingerprint density at radius 3 is 2.47 bits per heavy atom. The fourth-order valence-corrected chi connectivity index (χ4v) is 5.31. The van der Waals surface area contributed by atoms with Crippen LogP contribution >= 0.6 is 22.6 Å². The molecule has 9 heteroatoms. The molecule has 0 spiro atoms. The summed E-state index contributed by atoms with van der Waals surface area (Å²) in [6, 6.07) is 14.7. The topological polar surface area (TPSA) is 44.3 Å². The number of rotatable bonds is 9. The van der Waals surface area contributed by atoms with E-state index in [1.807, 2.05) is 37.3 Å². The monoisotopic (exact) mass is 754 g/mol. The van der Waals surface area contributed by atoms with Crippen LogP contribution in [0.4, 0.5) is 23.2 Å². The summed E-state index contributed by atoms with van der Waals surface area (Å²) in [5.74, 6) is 0.0357. The van der Waals surface area contributed by atoms with Crippen LogP contribution in [0.15, 0.2) is 48.5 Å². The summed E-state index contributed by atoms with van der Waals surface area (Å²) >= 11 is 0.580. The minimum atomic E-state index is -2.86. The van der Waals surface area contributed by atoms with Crippen LogP contribution < -0.4 is 10.6 Å². The number of fused-ring (bicyclic) bond motifs is 1. The van der Waals surface area contributed by atoms with E-state index in [9.17, 15) is 22.7 Å². The molecular weight excluding hydrogens is 728 g/mol. The van der Waals surface area contributed by atoms with Gasteiger partial charge in [-0.05, 0) is 0 Å². The van der Waals surface area contributed by atoms with Gasteiger partial charge in [0, 0.05) is 22.6 Å². The molecule has 3 N–H and O–H groups in total. The first-order chi connectivity index (χ1) is 15.0. The summed E-state index contributed by atoms with van der Waals surface area (Å²) < 4.78 is 48.4. The molecular formula is C23H26F4IN2OTl. The smallest absolute Gasteiger partial charge is 0.194 e. The summed E-state index contributed by atoms with van der Waals surface area (Å²) in [6.45, 7) is 1.63. The summed E-state index contributed by atoms with van der Waals surface area (Å²) in [6.07, 6.45) is 0.282. The summed E-state index contributed by atoms with van der Waals surface area (Å²) in [7, 11) is 0. The predicted octanol–water partition coefficient (Wildman–Crippen LogP) is 5.55. The molecule has 4 atom stereocenters. The van der Waals surface area contributed by atoms with Crippen molar-refractivity contribution in [1.82, 2.24) is 5.32 Å². The van der Waals surface area contributed by atoms with Gasteiger partial charge in [0.05, 0.1) is 0 Å². The van der Waals surface area contributed by atoms with Crippen molar-refractivity contribution in [3.8, 4) is 0 Å². The molecule has 1 heterocycles. The van der Waals surface area contributed by atoms with Crippen molar-refractivity contribution in [2.75, 3.05) is 18.4 Å². The minimum Gasteiger partial charge on any atom is -0.194 e. The third-order valence-corrected chi connectivity index (χ3v) is 7.68. The molecule has 1 aliphatic heterocycles. The van der Waals surface area contributed by atoms with Crippen molar-refractivity contribution < 1.29 is 22.7 Å². The molecule has 0 aliphatic carbocycles. The molecule has 3 nitrogen and oxygen atoms in total. The molecule has 2 aromatic carbocycles. The van der Waals surface area contributed by atoms with Gasteiger partial charge in [-0.25, -0.2) is 0 Å². The molecule has 0 radical (unpaired) electrons. The first kappa shape index (κ1) is 26.1. The zero-order valence-corrected chi connectivity index (χ0v) is 24.3. The number of aliphatic hydroxyl groups is 1. The minimum absolute atomic E-state index is 0.0115. The van der Waals surface area contributed by atoms with E-state index in [-0.39, 0.29) is 30.0 Å². The molecule has 0 bridgehead atoms. The summed E-state index contributed by atoms with van der Waals surface area (Å²) in [4.78, 5) is 0. The summed E-state index contributed by atoms with van der Waals surface area (Å²) in [5.41, 5.74) is 2.85. The molecule has 172 valence electrons. The Balaban J connectivity index is 1.79. The van der Waals surface area contributed by atoms with E-state index >= 15 is 0 Å². The standard InChI is InChI=1S/C23H26F4IN2O.Tl/c1-14-18(9-8-17(31)12-29-13-23(26,27)28)21(15-5-3-2-4-6-15)30-20-10-7-16(22(24)25)11-19(14)20;/h2-7,10-11,14,17-18,21,29-31H,8-9,12-13H2,1H3;/t14-,17+,18+,21-;/m0./s1. The molecule has 0 amide bonds. The SMILES string of the molecule is C[C@@H]1c2cc([C](F)(F)[Tl])ccc2N[C@@H](c2ccccc2)[C@@H]1CC[C@@H](O)CNCC(F)(F)I. The molecule has 1 aliphatic rings. The number of anilines is 1. The van der Waals surface area contributed by atoms with Gasteiger partial charge in [-0.2, -0.15) is 8.78 Å². The summed E-state index contributed by atoms with van der Waals surface area (Å²) in [5, 5.41) is 16.5. The van der Waals surface area contributed by atoms with Crippen molar-refractivity contribution >= 4 is 54.0 Å². The number of hydrogen-bond acceptors (Lipinski definition) is 3. The van der Waals surface area contributed by atoms with Gasteiger partial charge in [0.15, 0.2) is 0 Å². The molecule has 0 aromatic heterocycles. The second kappa shape index (κ2) is 10.9. The first-order valence-electron chi connectivity index (χ1n) is 10.5. The Morgan fingerprint density at radius 2 is 1.84 bits per heavy atom. The molecule has 0 saturated carbocycles.